The number of hydrogen-bond donors (Lipinski definition) is 1. The Morgan fingerprint density at radius 1 is 1.25 bits per heavy atom. The number of rotatable bonds is 3. The van der Waals surface area contributed by atoms with Crippen molar-refractivity contribution in [1.29, 1.82) is 5.26 Å². The van der Waals surface area contributed by atoms with Gasteiger partial charge in [0.2, 0.25) is 0 Å². The summed E-state index contributed by atoms with van der Waals surface area (Å²) in [6.07, 6.45) is 1.53. The molecular weight excluding hydrogens is 204 g/mol. The fraction of sp³-hybridized carbons (Fsp3) is 0.182. The van der Waals surface area contributed by atoms with Crippen LogP contribution in [0.15, 0.2) is 30.6 Å². The molecule has 0 atom stereocenters. The molecule has 0 aliphatic heterocycles. The standard InChI is InChI=1S/C11H10N4O/c12-5-11-13-8-15(14-11)6-9-1-3-10(7-16)4-2-9/h1-4,8,16H,6-7H2. The Balaban J connectivity index is 2.11. The fourth-order valence-electron chi connectivity index (χ4n) is 1.36. The zero-order valence-electron chi connectivity index (χ0n) is 8.54. The highest BCUT2D eigenvalue weighted by molar-refractivity contribution is 5.22. The molecule has 5 nitrogen and oxygen atoms in total. The van der Waals surface area contributed by atoms with E-state index in [0.717, 1.165) is 11.1 Å². The summed E-state index contributed by atoms with van der Waals surface area (Å²) in [5.74, 6) is 0.173. The van der Waals surface area contributed by atoms with Gasteiger partial charge in [0.1, 0.15) is 12.4 Å². The molecule has 2 rings (SSSR count). The zero-order chi connectivity index (χ0) is 11.4. The molecule has 2 aromatic rings. The number of hydrogen-bond acceptors (Lipinski definition) is 4. The molecule has 0 saturated carbocycles. The summed E-state index contributed by atoms with van der Waals surface area (Å²) in [7, 11) is 0. The van der Waals surface area contributed by atoms with E-state index in [9.17, 15) is 0 Å². The van der Waals surface area contributed by atoms with Crippen LogP contribution < -0.4 is 0 Å². The molecule has 0 aliphatic rings. The molecule has 80 valence electrons. The van der Waals surface area contributed by atoms with E-state index in [4.69, 9.17) is 10.4 Å². The third kappa shape index (κ3) is 2.24. The Morgan fingerprint density at radius 2 is 1.94 bits per heavy atom. The maximum atomic E-state index is 8.89. The molecule has 0 bridgehead atoms. The van der Waals surface area contributed by atoms with Gasteiger partial charge < -0.3 is 5.11 Å². The van der Waals surface area contributed by atoms with Crippen molar-refractivity contribution in [2.45, 2.75) is 13.2 Å². The van der Waals surface area contributed by atoms with Crippen LogP contribution >= 0.6 is 0 Å². The Labute approximate surface area is 92.6 Å². The lowest BCUT2D eigenvalue weighted by Gasteiger charge is -2.01. The second kappa shape index (κ2) is 4.55. The van der Waals surface area contributed by atoms with Crippen molar-refractivity contribution in [3.63, 3.8) is 0 Å². The third-order valence-corrected chi connectivity index (χ3v) is 2.19. The number of aliphatic hydroxyl groups is 1. The molecule has 5 heteroatoms. The predicted molar refractivity (Wildman–Crippen MR) is 56.2 cm³/mol. The zero-order valence-corrected chi connectivity index (χ0v) is 8.54. The quantitative estimate of drug-likeness (QED) is 0.815. The van der Waals surface area contributed by atoms with Crippen molar-refractivity contribution in [3.05, 3.63) is 47.5 Å². The van der Waals surface area contributed by atoms with Gasteiger partial charge in [-0.2, -0.15) is 5.26 Å². The first-order valence-electron chi connectivity index (χ1n) is 4.80. The van der Waals surface area contributed by atoms with E-state index in [1.807, 2.05) is 30.3 Å². The summed E-state index contributed by atoms with van der Waals surface area (Å²) in [6, 6.07) is 9.42. The maximum Gasteiger partial charge on any atom is 0.252 e. The minimum atomic E-state index is 0.0438. The van der Waals surface area contributed by atoms with Crippen molar-refractivity contribution < 1.29 is 5.11 Å². The number of nitrogens with zero attached hydrogens (tertiary/aromatic N) is 4. The SMILES string of the molecule is N#Cc1ncn(Cc2ccc(CO)cc2)n1. The molecule has 1 N–H and O–H groups in total. The monoisotopic (exact) mass is 214 g/mol. The van der Waals surface area contributed by atoms with Gasteiger partial charge in [-0.3, -0.25) is 0 Å². The highest BCUT2D eigenvalue weighted by atomic mass is 16.3. The number of aliphatic hydroxyl groups excluding tert-OH is 1. The third-order valence-electron chi connectivity index (χ3n) is 2.19. The van der Waals surface area contributed by atoms with Gasteiger partial charge in [-0.25, -0.2) is 9.67 Å². The first-order chi connectivity index (χ1) is 7.81. The van der Waals surface area contributed by atoms with Crippen molar-refractivity contribution in [2.75, 3.05) is 0 Å². The average molecular weight is 214 g/mol. The lowest BCUT2D eigenvalue weighted by Crippen LogP contribution is -2.00. The summed E-state index contributed by atoms with van der Waals surface area (Å²) >= 11 is 0. The topological polar surface area (TPSA) is 74.7 Å². The van der Waals surface area contributed by atoms with Gasteiger partial charge in [0.25, 0.3) is 5.82 Å². The Morgan fingerprint density at radius 3 is 2.50 bits per heavy atom. The largest absolute Gasteiger partial charge is 0.392 e. The van der Waals surface area contributed by atoms with E-state index in [1.165, 1.54) is 6.33 Å². The Hall–Kier alpha value is -2.19. The predicted octanol–water partition coefficient (Wildman–Crippen LogP) is 0.690. The lowest BCUT2D eigenvalue weighted by atomic mass is 10.1. The van der Waals surface area contributed by atoms with Crippen molar-refractivity contribution in [1.82, 2.24) is 14.8 Å². The molecule has 1 aromatic heterocycles. The van der Waals surface area contributed by atoms with E-state index in [0.29, 0.717) is 6.54 Å². The molecule has 1 aromatic carbocycles. The van der Waals surface area contributed by atoms with Crippen LogP contribution in [0, 0.1) is 11.3 Å². The molecule has 0 saturated heterocycles. The number of nitriles is 1. The van der Waals surface area contributed by atoms with Gasteiger partial charge in [0.05, 0.1) is 13.2 Å². The van der Waals surface area contributed by atoms with Gasteiger partial charge in [0, 0.05) is 0 Å². The summed E-state index contributed by atoms with van der Waals surface area (Å²) < 4.78 is 1.60. The first-order valence-corrected chi connectivity index (χ1v) is 4.80. The molecule has 0 fully saturated rings. The molecule has 16 heavy (non-hydrogen) atoms. The number of aromatic nitrogens is 3. The molecule has 1 heterocycles. The highest BCUT2D eigenvalue weighted by Crippen LogP contribution is 2.05. The Kier molecular flexibility index (Phi) is 2.94. The van der Waals surface area contributed by atoms with Crippen LogP contribution in [0.1, 0.15) is 17.0 Å². The maximum absolute atomic E-state index is 8.89. The van der Waals surface area contributed by atoms with Crippen molar-refractivity contribution >= 4 is 0 Å². The average Bonchev–Trinajstić information content (AvgIpc) is 2.78. The van der Waals surface area contributed by atoms with E-state index < -0.39 is 0 Å². The van der Waals surface area contributed by atoms with Gasteiger partial charge in [0.15, 0.2) is 0 Å². The molecule has 0 unspecified atom stereocenters. The fourth-order valence-corrected chi connectivity index (χ4v) is 1.36. The Bertz CT molecular complexity index is 510. The van der Waals surface area contributed by atoms with Crippen LogP contribution in [0.25, 0.3) is 0 Å². The van der Waals surface area contributed by atoms with Crippen LogP contribution in [0.5, 0.6) is 0 Å². The second-order valence-electron chi connectivity index (χ2n) is 3.35. The van der Waals surface area contributed by atoms with E-state index in [2.05, 4.69) is 10.1 Å². The smallest absolute Gasteiger partial charge is 0.252 e. The molecule has 0 amide bonds. The minimum Gasteiger partial charge on any atom is -0.392 e. The minimum absolute atomic E-state index is 0.0438. The summed E-state index contributed by atoms with van der Waals surface area (Å²) in [5.41, 5.74) is 1.92. The van der Waals surface area contributed by atoms with Gasteiger partial charge in [-0.15, -0.1) is 5.10 Å². The highest BCUT2D eigenvalue weighted by Gasteiger charge is 2.00. The normalized spacial score (nSPS) is 10.0. The molecule has 0 radical (unpaired) electrons. The van der Waals surface area contributed by atoms with Crippen LogP contribution in [0.4, 0.5) is 0 Å². The van der Waals surface area contributed by atoms with Gasteiger partial charge in [-0.1, -0.05) is 24.3 Å². The molecule has 0 aliphatic carbocycles. The van der Waals surface area contributed by atoms with Gasteiger partial charge >= 0.3 is 0 Å². The lowest BCUT2D eigenvalue weighted by molar-refractivity contribution is 0.282. The summed E-state index contributed by atoms with van der Waals surface area (Å²) in [5, 5.41) is 21.4. The molecular formula is C11H10N4O. The second-order valence-corrected chi connectivity index (χ2v) is 3.35. The molecule has 0 spiro atoms. The van der Waals surface area contributed by atoms with Crippen molar-refractivity contribution in [3.8, 4) is 6.07 Å². The van der Waals surface area contributed by atoms with Crippen LogP contribution in [0.3, 0.4) is 0 Å². The van der Waals surface area contributed by atoms with Crippen LogP contribution in [-0.4, -0.2) is 19.9 Å². The van der Waals surface area contributed by atoms with Gasteiger partial charge in [-0.05, 0) is 11.1 Å². The summed E-state index contributed by atoms with van der Waals surface area (Å²) in [6.45, 7) is 0.614. The number of benzene rings is 1. The van der Waals surface area contributed by atoms with Crippen LogP contribution in [0.2, 0.25) is 0 Å². The van der Waals surface area contributed by atoms with E-state index in [1.54, 1.807) is 4.68 Å². The van der Waals surface area contributed by atoms with Crippen molar-refractivity contribution in [2.24, 2.45) is 0 Å². The van der Waals surface area contributed by atoms with E-state index in [-0.39, 0.29) is 12.4 Å². The van der Waals surface area contributed by atoms with Crippen LogP contribution in [-0.2, 0) is 13.2 Å². The van der Waals surface area contributed by atoms with E-state index >= 15 is 0 Å². The first kappa shape index (κ1) is 10.3. The summed E-state index contributed by atoms with van der Waals surface area (Å²) in [4.78, 5) is 3.82.